The second-order valence-corrected chi connectivity index (χ2v) is 2.73. The number of carbonyl (C=O) groups is 1. The van der Waals surface area contributed by atoms with Gasteiger partial charge in [-0.15, -0.1) is 0 Å². The zero-order valence-electron chi connectivity index (χ0n) is 5.95. The maximum Gasteiger partial charge on any atom is 0.227 e. The molecule has 2 aromatic rings. The lowest BCUT2D eigenvalue weighted by atomic mass is 10.2. The maximum absolute atomic E-state index is 10.4. The lowest BCUT2D eigenvalue weighted by molar-refractivity contribution is 0.112. The van der Waals surface area contributed by atoms with Crippen LogP contribution in [0.1, 0.15) is 10.4 Å². The Balaban J connectivity index is 2.79. The van der Waals surface area contributed by atoms with Crippen LogP contribution < -0.4 is 0 Å². The quantitative estimate of drug-likeness (QED) is 0.634. The summed E-state index contributed by atoms with van der Waals surface area (Å²) in [5.74, 6) is 0. The largest absolute Gasteiger partial charge is 0.445 e. The SMILES string of the molecule is O=Cc1cnc2occ(Cl)c2c1. The van der Waals surface area contributed by atoms with Gasteiger partial charge in [0.1, 0.15) is 6.26 Å². The van der Waals surface area contributed by atoms with Crippen molar-refractivity contribution in [2.24, 2.45) is 0 Å². The zero-order chi connectivity index (χ0) is 8.55. The molecule has 2 heterocycles. The Morgan fingerprint density at radius 3 is 3.17 bits per heavy atom. The molecule has 0 N–H and O–H groups in total. The molecule has 4 heteroatoms. The number of fused-ring (bicyclic) bond motifs is 1. The van der Waals surface area contributed by atoms with Crippen LogP contribution in [0.4, 0.5) is 0 Å². The van der Waals surface area contributed by atoms with E-state index in [9.17, 15) is 4.79 Å². The van der Waals surface area contributed by atoms with E-state index in [0.717, 1.165) is 6.29 Å². The van der Waals surface area contributed by atoms with Crippen molar-refractivity contribution in [2.75, 3.05) is 0 Å². The summed E-state index contributed by atoms with van der Waals surface area (Å²) < 4.78 is 4.99. The molecule has 60 valence electrons. The standard InChI is InChI=1S/C8H4ClNO2/c9-7-4-12-8-6(7)1-5(3-11)2-10-8/h1-4H. The first-order chi connectivity index (χ1) is 5.81. The number of furan rings is 1. The van der Waals surface area contributed by atoms with E-state index < -0.39 is 0 Å². The number of nitrogens with zero attached hydrogens (tertiary/aromatic N) is 1. The molecule has 0 aliphatic heterocycles. The highest BCUT2D eigenvalue weighted by Gasteiger charge is 2.04. The van der Waals surface area contributed by atoms with Gasteiger partial charge in [0.15, 0.2) is 6.29 Å². The Hall–Kier alpha value is -1.35. The van der Waals surface area contributed by atoms with E-state index in [2.05, 4.69) is 4.98 Å². The maximum atomic E-state index is 10.4. The highest BCUT2D eigenvalue weighted by Crippen LogP contribution is 2.23. The average Bonchev–Trinajstić information content (AvgIpc) is 2.47. The monoisotopic (exact) mass is 181 g/mol. The smallest absolute Gasteiger partial charge is 0.227 e. The second kappa shape index (κ2) is 2.60. The van der Waals surface area contributed by atoms with Crippen LogP contribution in [-0.2, 0) is 0 Å². The molecule has 0 bridgehead atoms. The lowest BCUT2D eigenvalue weighted by Gasteiger charge is -1.88. The van der Waals surface area contributed by atoms with Crippen LogP contribution >= 0.6 is 11.6 Å². The third-order valence-corrected chi connectivity index (χ3v) is 1.83. The van der Waals surface area contributed by atoms with E-state index in [1.165, 1.54) is 12.5 Å². The first-order valence-corrected chi connectivity index (χ1v) is 3.67. The molecule has 2 aromatic heterocycles. The van der Waals surface area contributed by atoms with Gasteiger partial charge >= 0.3 is 0 Å². The van der Waals surface area contributed by atoms with Gasteiger partial charge in [0.25, 0.3) is 0 Å². The summed E-state index contributed by atoms with van der Waals surface area (Å²) in [5, 5.41) is 1.14. The van der Waals surface area contributed by atoms with Crippen LogP contribution in [0.3, 0.4) is 0 Å². The van der Waals surface area contributed by atoms with Crippen LogP contribution in [-0.4, -0.2) is 11.3 Å². The van der Waals surface area contributed by atoms with Gasteiger partial charge in [0.2, 0.25) is 5.71 Å². The van der Waals surface area contributed by atoms with Crippen LogP contribution in [0.15, 0.2) is 22.9 Å². The molecule has 0 unspecified atom stereocenters. The fourth-order valence-electron chi connectivity index (χ4n) is 0.969. The van der Waals surface area contributed by atoms with E-state index >= 15 is 0 Å². The van der Waals surface area contributed by atoms with Gasteiger partial charge in [-0.3, -0.25) is 4.79 Å². The highest BCUT2D eigenvalue weighted by molar-refractivity contribution is 6.35. The van der Waals surface area contributed by atoms with Gasteiger partial charge in [0, 0.05) is 11.8 Å². The van der Waals surface area contributed by atoms with E-state index in [0.29, 0.717) is 21.7 Å². The van der Waals surface area contributed by atoms with Gasteiger partial charge in [-0.1, -0.05) is 11.6 Å². The molecule has 12 heavy (non-hydrogen) atoms. The molecule has 0 atom stereocenters. The first-order valence-electron chi connectivity index (χ1n) is 3.29. The topological polar surface area (TPSA) is 43.1 Å². The normalized spacial score (nSPS) is 10.4. The minimum absolute atomic E-state index is 0.450. The summed E-state index contributed by atoms with van der Waals surface area (Å²) in [6, 6.07) is 1.64. The van der Waals surface area contributed by atoms with Crippen molar-refractivity contribution in [3.63, 3.8) is 0 Å². The number of rotatable bonds is 1. The Bertz CT molecular complexity index is 436. The molecular weight excluding hydrogens is 178 g/mol. The van der Waals surface area contributed by atoms with Crippen molar-refractivity contribution in [3.05, 3.63) is 29.1 Å². The molecule has 3 nitrogen and oxygen atoms in total. The first kappa shape index (κ1) is 7.31. The van der Waals surface area contributed by atoms with E-state index in [1.807, 2.05) is 0 Å². The predicted molar refractivity (Wildman–Crippen MR) is 44.4 cm³/mol. The molecule has 0 aromatic carbocycles. The fourth-order valence-corrected chi connectivity index (χ4v) is 1.15. The summed E-state index contributed by atoms with van der Waals surface area (Å²) in [6.07, 6.45) is 3.55. The second-order valence-electron chi connectivity index (χ2n) is 2.32. The van der Waals surface area contributed by atoms with Gasteiger partial charge in [-0.2, -0.15) is 0 Å². The molecule has 0 aliphatic carbocycles. The minimum atomic E-state index is 0.450. The molecule has 2 rings (SSSR count). The molecule has 0 aliphatic rings. The minimum Gasteiger partial charge on any atom is -0.445 e. The zero-order valence-corrected chi connectivity index (χ0v) is 6.71. The Labute approximate surface area is 73.0 Å². The number of halogens is 1. The van der Waals surface area contributed by atoms with Crippen molar-refractivity contribution in [1.82, 2.24) is 4.98 Å². The van der Waals surface area contributed by atoms with Crippen LogP contribution in [0.2, 0.25) is 5.02 Å². The van der Waals surface area contributed by atoms with Crippen molar-refractivity contribution in [1.29, 1.82) is 0 Å². The molecule has 0 spiro atoms. The Kier molecular flexibility index (Phi) is 1.59. The summed E-state index contributed by atoms with van der Waals surface area (Å²) >= 11 is 5.75. The Morgan fingerprint density at radius 2 is 2.42 bits per heavy atom. The molecule has 0 radical (unpaired) electrons. The molecule has 0 saturated carbocycles. The van der Waals surface area contributed by atoms with Crippen molar-refractivity contribution >= 4 is 29.0 Å². The predicted octanol–water partition coefficient (Wildman–Crippen LogP) is 2.29. The third-order valence-electron chi connectivity index (χ3n) is 1.54. The van der Waals surface area contributed by atoms with Crippen LogP contribution in [0, 0.1) is 0 Å². The van der Waals surface area contributed by atoms with Crippen LogP contribution in [0.5, 0.6) is 0 Å². The number of carbonyl (C=O) groups excluding carboxylic acids is 1. The van der Waals surface area contributed by atoms with Gasteiger partial charge in [-0.25, -0.2) is 4.98 Å². The molecular formula is C8H4ClNO2. The number of pyridine rings is 1. The van der Waals surface area contributed by atoms with Gasteiger partial charge in [-0.05, 0) is 6.07 Å². The van der Waals surface area contributed by atoms with Crippen molar-refractivity contribution in [2.45, 2.75) is 0 Å². The summed E-state index contributed by atoms with van der Waals surface area (Å²) in [6.45, 7) is 0. The number of hydrogen-bond acceptors (Lipinski definition) is 3. The molecule has 0 saturated heterocycles. The van der Waals surface area contributed by atoms with Crippen molar-refractivity contribution < 1.29 is 9.21 Å². The van der Waals surface area contributed by atoms with Gasteiger partial charge in [0.05, 0.1) is 10.4 Å². The summed E-state index contributed by atoms with van der Waals surface area (Å²) in [7, 11) is 0. The van der Waals surface area contributed by atoms with E-state index in [1.54, 1.807) is 6.07 Å². The average molecular weight is 182 g/mol. The number of aldehydes is 1. The molecule has 0 amide bonds. The number of hydrogen-bond donors (Lipinski definition) is 0. The fraction of sp³-hybridized carbons (Fsp3) is 0. The third kappa shape index (κ3) is 0.987. The van der Waals surface area contributed by atoms with E-state index in [4.69, 9.17) is 16.0 Å². The summed E-state index contributed by atoms with van der Waals surface area (Å²) in [5.41, 5.74) is 0.941. The van der Waals surface area contributed by atoms with Crippen LogP contribution in [0.25, 0.3) is 11.1 Å². The van der Waals surface area contributed by atoms with Crippen molar-refractivity contribution in [3.8, 4) is 0 Å². The number of aromatic nitrogens is 1. The molecule has 0 fully saturated rings. The van der Waals surface area contributed by atoms with Gasteiger partial charge < -0.3 is 4.42 Å². The lowest BCUT2D eigenvalue weighted by Crippen LogP contribution is -1.81. The highest BCUT2D eigenvalue weighted by atomic mass is 35.5. The van der Waals surface area contributed by atoms with E-state index in [-0.39, 0.29) is 0 Å². The Morgan fingerprint density at radius 1 is 1.58 bits per heavy atom. The summed E-state index contributed by atoms with van der Waals surface area (Å²) in [4.78, 5) is 14.3.